The average Bonchev–Trinajstić information content (AvgIpc) is 3.04. The van der Waals surface area contributed by atoms with Crippen LogP contribution in [0.3, 0.4) is 0 Å². The number of nitrogens with one attached hydrogen (secondary N) is 1. The number of ether oxygens (including phenoxy) is 1. The lowest BCUT2D eigenvalue weighted by molar-refractivity contribution is 0.0712. The van der Waals surface area contributed by atoms with Crippen molar-refractivity contribution < 1.29 is 17.9 Å². The first kappa shape index (κ1) is 20.6. The van der Waals surface area contributed by atoms with Gasteiger partial charge in [-0.2, -0.15) is 4.31 Å². The number of hydrogen-bond donors (Lipinski definition) is 1. The summed E-state index contributed by atoms with van der Waals surface area (Å²) < 4.78 is 33.2. The lowest BCUT2D eigenvalue weighted by Crippen LogP contribution is -2.41. The largest absolute Gasteiger partial charge is 0.376 e. The standard InChI is InChI=1S/C19H27ClN2O4S/c1-14(17-7-6-12-26-17)21-19(23)15-8-9-16(20)18(13-15)27(24,25)22-10-4-2-3-5-11-22/h8-9,13-14,17H,2-7,10-12H2,1H3,(H,21,23). The minimum atomic E-state index is -3.72. The van der Waals surface area contributed by atoms with Gasteiger partial charge < -0.3 is 10.1 Å². The molecule has 2 unspecified atom stereocenters. The molecule has 2 saturated heterocycles. The zero-order valence-electron chi connectivity index (χ0n) is 15.6. The van der Waals surface area contributed by atoms with Crippen LogP contribution in [0.25, 0.3) is 0 Å². The van der Waals surface area contributed by atoms with Crippen LogP contribution in [0.2, 0.25) is 5.02 Å². The maximum Gasteiger partial charge on any atom is 0.251 e. The SMILES string of the molecule is CC(NC(=O)c1ccc(Cl)c(S(=O)(=O)N2CCCCCC2)c1)C1CCCO1. The third kappa shape index (κ3) is 4.83. The van der Waals surface area contributed by atoms with E-state index in [2.05, 4.69) is 5.32 Å². The molecular formula is C19H27ClN2O4S. The van der Waals surface area contributed by atoms with Gasteiger partial charge in [-0.25, -0.2) is 8.42 Å². The molecule has 3 rings (SSSR count). The van der Waals surface area contributed by atoms with Gasteiger partial charge in [-0.15, -0.1) is 0 Å². The molecule has 0 aliphatic carbocycles. The van der Waals surface area contributed by atoms with Crippen LogP contribution in [0.4, 0.5) is 0 Å². The molecule has 1 aromatic carbocycles. The van der Waals surface area contributed by atoms with Crippen LogP contribution in [0.15, 0.2) is 23.1 Å². The number of amides is 1. The van der Waals surface area contributed by atoms with Crippen molar-refractivity contribution in [1.82, 2.24) is 9.62 Å². The highest BCUT2D eigenvalue weighted by atomic mass is 35.5. The summed E-state index contributed by atoms with van der Waals surface area (Å²) in [5, 5.41) is 3.05. The Bertz CT molecular complexity index is 770. The lowest BCUT2D eigenvalue weighted by atomic mass is 10.1. The molecule has 1 N–H and O–H groups in total. The first-order chi connectivity index (χ1) is 12.9. The molecule has 0 spiro atoms. The molecule has 2 heterocycles. The molecule has 150 valence electrons. The number of carbonyl (C=O) groups is 1. The van der Waals surface area contributed by atoms with Gasteiger partial charge >= 0.3 is 0 Å². The number of hydrogen-bond acceptors (Lipinski definition) is 4. The number of rotatable bonds is 5. The second-order valence-electron chi connectivity index (χ2n) is 7.28. The van der Waals surface area contributed by atoms with Gasteiger partial charge in [0.15, 0.2) is 0 Å². The summed E-state index contributed by atoms with van der Waals surface area (Å²) in [6.07, 6.45) is 5.65. The summed E-state index contributed by atoms with van der Waals surface area (Å²) in [6, 6.07) is 4.29. The fraction of sp³-hybridized carbons (Fsp3) is 0.632. The Kier molecular flexibility index (Phi) is 6.78. The Morgan fingerprint density at radius 1 is 1.22 bits per heavy atom. The predicted molar refractivity (Wildman–Crippen MR) is 105 cm³/mol. The van der Waals surface area contributed by atoms with Crippen LogP contribution < -0.4 is 5.32 Å². The van der Waals surface area contributed by atoms with E-state index in [9.17, 15) is 13.2 Å². The highest BCUT2D eigenvalue weighted by Crippen LogP contribution is 2.28. The number of benzene rings is 1. The van der Waals surface area contributed by atoms with E-state index in [4.69, 9.17) is 16.3 Å². The van der Waals surface area contributed by atoms with E-state index in [-0.39, 0.29) is 33.5 Å². The third-order valence-corrected chi connectivity index (χ3v) is 7.64. The van der Waals surface area contributed by atoms with Crippen LogP contribution in [0, 0.1) is 0 Å². The first-order valence-corrected chi connectivity index (χ1v) is 11.4. The van der Waals surface area contributed by atoms with Gasteiger partial charge in [-0.3, -0.25) is 4.79 Å². The molecule has 2 aliphatic heterocycles. The molecule has 1 aromatic rings. The minimum Gasteiger partial charge on any atom is -0.376 e. The summed E-state index contributed by atoms with van der Waals surface area (Å²) >= 11 is 6.20. The van der Waals surface area contributed by atoms with E-state index >= 15 is 0 Å². The second-order valence-corrected chi connectivity index (χ2v) is 9.59. The summed E-state index contributed by atoms with van der Waals surface area (Å²) in [5.74, 6) is -0.318. The van der Waals surface area contributed by atoms with Gasteiger partial charge in [0, 0.05) is 25.3 Å². The molecule has 2 fully saturated rings. The van der Waals surface area contributed by atoms with Gasteiger partial charge in [0.1, 0.15) is 4.90 Å². The highest BCUT2D eigenvalue weighted by Gasteiger charge is 2.29. The minimum absolute atomic E-state index is 0.00144. The maximum absolute atomic E-state index is 13.1. The smallest absolute Gasteiger partial charge is 0.251 e. The Labute approximate surface area is 166 Å². The van der Waals surface area contributed by atoms with Gasteiger partial charge in [0.25, 0.3) is 5.91 Å². The topological polar surface area (TPSA) is 75.7 Å². The van der Waals surface area contributed by atoms with Crippen LogP contribution in [0.1, 0.15) is 55.8 Å². The molecule has 27 heavy (non-hydrogen) atoms. The number of nitrogens with zero attached hydrogens (tertiary/aromatic N) is 1. The molecule has 6 nitrogen and oxygen atoms in total. The van der Waals surface area contributed by atoms with Crippen LogP contribution in [-0.2, 0) is 14.8 Å². The molecule has 8 heteroatoms. The highest BCUT2D eigenvalue weighted by molar-refractivity contribution is 7.89. The number of carbonyl (C=O) groups excluding carboxylic acids is 1. The Hall–Kier alpha value is -1.15. The zero-order valence-corrected chi connectivity index (χ0v) is 17.2. The molecule has 0 aromatic heterocycles. The number of halogens is 1. The molecule has 0 bridgehead atoms. The maximum atomic E-state index is 13.1. The summed E-state index contributed by atoms with van der Waals surface area (Å²) in [6.45, 7) is 3.60. The predicted octanol–water partition coefficient (Wildman–Crippen LogP) is 3.20. The van der Waals surface area contributed by atoms with Gasteiger partial charge in [0.2, 0.25) is 10.0 Å². The van der Waals surface area contributed by atoms with E-state index in [1.807, 2.05) is 6.92 Å². The zero-order chi connectivity index (χ0) is 19.4. The van der Waals surface area contributed by atoms with Crippen molar-refractivity contribution in [3.63, 3.8) is 0 Å². The molecule has 0 radical (unpaired) electrons. The Balaban J connectivity index is 1.79. The van der Waals surface area contributed by atoms with Crippen molar-refractivity contribution in [2.75, 3.05) is 19.7 Å². The van der Waals surface area contributed by atoms with Crippen molar-refractivity contribution in [2.24, 2.45) is 0 Å². The summed E-state index contributed by atoms with van der Waals surface area (Å²) in [7, 11) is -3.72. The van der Waals surface area contributed by atoms with Crippen molar-refractivity contribution in [2.45, 2.75) is 62.5 Å². The summed E-state index contributed by atoms with van der Waals surface area (Å²) in [4.78, 5) is 12.6. The van der Waals surface area contributed by atoms with E-state index in [1.54, 1.807) is 6.07 Å². The quantitative estimate of drug-likeness (QED) is 0.802. The Morgan fingerprint density at radius 2 is 1.93 bits per heavy atom. The third-order valence-electron chi connectivity index (χ3n) is 5.26. The average molecular weight is 415 g/mol. The van der Waals surface area contributed by atoms with Crippen molar-refractivity contribution >= 4 is 27.5 Å². The molecule has 2 atom stereocenters. The molecular weight excluding hydrogens is 388 g/mol. The molecule has 2 aliphatic rings. The fourth-order valence-corrected chi connectivity index (χ4v) is 5.66. The molecule has 0 saturated carbocycles. The normalized spacial score (nSPS) is 23.0. The Morgan fingerprint density at radius 3 is 2.56 bits per heavy atom. The first-order valence-electron chi connectivity index (χ1n) is 9.62. The van der Waals surface area contributed by atoms with E-state index in [1.165, 1.54) is 16.4 Å². The van der Waals surface area contributed by atoms with E-state index in [0.29, 0.717) is 19.7 Å². The lowest BCUT2D eigenvalue weighted by Gasteiger charge is -2.22. The van der Waals surface area contributed by atoms with Crippen LogP contribution in [0.5, 0.6) is 0 Å². The van der Waals surface area contributed by atoms with Crippen molar-refractivity contribution in [3.05, 3.63) is 28.8 Å². The van der Waals surface area contributed by atoms with Crippen LogP contribution >= 0.6 is 11.6 Å². The van der Waals surface area contributed by atoms with Gasteiger partial charge in [-0.1, -0.05) is 24.4 Å². The second kappa shape index (κ2) is 8.90. The monoisotopic (exact) mass is 414 g/mol. The van der Waals surface area contributed by atoms with Crippen LogP contribution in [-0.4, -0.2) is 50.5 Å². The van der Waals surface area contributed by atoms with Gasteiger partial charge in [0.05, 0.1) is 17.2 Å². The summed E-state index contributed by atoms with van der Waals surface area (Å²) in [5.41, 5.74) is 0.289. The fourth-order valence-electron chi connectivity index (χ4n) is 3.64. The number of sulfonamides is 1. The van der Waals surface area contributed by atoms with Gasteiger partial charge in [-0.05, 0) is 50.8 Å². The van der Waals surface area contributed by atoms with E-state index in [0.717, 1.165) is 38.5 Å². The van der Waals surface area contributed by atoms with Crippen molar-refractivity contribution in [3.8, 4) is 0 Å². The van der Waals surface area contributed by atoms with Crippen molar-refractivity contribution in [1.29, 1.82) is 0 Å². The van der Waals surface area contributed by atoms with E-state index < -0.39 is 10.0 Å². The molecule has 1 amide bonds.